The van der Waals surface area contributed by atoms with Crippen LogP contribution in [0.5, 0.6) is 5.75 Å². The van der Waals surface area contributed by atoms with Crippen LogP contribution in [-0.2, 0) is 11.2 Å². The van der Waals surface area contributed by atoms with E-state index < -0.39 is 0 Å². The van der Waals surface area contributed by atoms with Crippen molar-refractivity contribution in [1.29, 1.82) is 0 Å². The largest absolute Gasteiger partial charge is 0.492 e. The Kier molecular flexibility index (Phi) is 6.56. The molecule has 0 spiro atoms. The highest BCUT2D eigenvalue weighted by molar-refractivity contribution is 6.35. The monoisotopic (exact) mass is 337 g/mol. The smallest absolute Gasteiger partial charge is 0.224 e. The Morgan fingerprint density at radius 1 is 1.09 bits per heavy atom. The van der Waals surface area contributed by atoms with E-state index in [0.717, 1.165) is 5.56 Å². The number of nitrogens with one attached hydrogen (secondary N) is 1. The highest BCUT2D eigenvalue weighted by Crippen LogP contribution is 2.27. The molecule has 0 aliphatic carbocycles. The Morgan fingerprint density at radius 2 is 1.86 bits per heavy atom. The van der Waals surface area contributed by atoms with Gasteiger partial charge in [0.25, 0.3) is 0 Å². The van der Waals surface area contributed by atoms with E-state index in [2.05, 4.69) is 5.32 Å². The van der Waals surface area contributed by atoms with Crippen LogP contribution < -0.4 is 10.1 Å². The van der Waals surface area contributed by atoms with Crippen molar-refractivity contribution in [2.24, 2.45) is 0 Å². The van der Waals surface area contributed by atoms with E-state index in [1.807, 2.05) is 30.3 Å². The molecule has 0 heterocycles. The van der Waals surface area contributed by atoms with Crippen LogP contribution in [0.25, 0.3) is 0 Å². The van der Waals surface area contributed by atoms with Crippen molar-refractivity contribution < 1.29 is 9.53 Å². The van der Waals surface area contributed by atoms with E-state index in [-0.39, 0.29) is 5.91 Å². The van der Waals surface area contributed by atoms with Crippen molar-refractivity contribution in [2.45, 2.75) is 12.8 Å². The van der Waals surface area contributed by atoms with Crippen molar-refractivity contribution in [1.82, 2.24) is 5.32 Å². The average molecular weight is 338 g/mol. The number of halogens is 2. The molecule has 0 radical (unpaired) electrons. The fourth-order valence-electron chi connectivity index (χ4n) is 1.92. The van der Waals surface area contributed by atoms with Gasteiger partial charge >= 0.3 is 0 Å². The first kappa shape index (κ1) is 16.7. The molecule has 1 amide bonds. The van der Waals surface area contributed by atoms with E-state index in [0.29, 0.717) is 41.8 Å². The zero-order valence-corrected chi connectivity index (χ0v) is 13.5. The third-order valence-electron chi connectivity index (χ3n) is 3.00. The molecule has 0 aromatic heterocycles. The number of hydrogen-bond donors (Lipinski definition) is 1. The topological polar surface area (TPSA) is 38.3 Å². The molecule has 116 valence electrons. The molecule has 0 saturated heterocycles. The van der Waals surface area contributed by atoms with Crippen LogP contribution in [-0.4, -0.2) is 19.1 Å². The number of benzene rings is 2. The van der Waals surface area contributed by atoms with Crippen LogP contribution in [0, 0.1) is 0 Å². The fraction of sp³-hybridized carbons (Fsp3) is 0.235. The molecule has 2 aromatic rings. The van der Waals surface area contributed by atoms with Gasteiger partial charge in [0.15, 0.2) is 0 Å². The minimum Gasteiger partial charge on any atom is -0.492 e. The van der Waals surface area contributed by atoms with Gasteiger partial charge in [-0.25, -0.2) is 0 Å². The molecule has 2 aromatic carbocycles. The summed E-state index contributed by atoms with van der Waals surface area (Å²) in [5, 5.41) is 3.93. The molecule has 0 bridgehead atoms. The Balaban J connectivity index is 1.64. The number of ether oxygens (including phenoxy) is 1. The molecule has 0 aliphatic rings. The Bertz CT molecular complexity index is 617. The number of hydrogen-bond acceptors (Lipinski definition) is 2. The molecule has 0 saturated carbocycles. The van der Waals surface area contributed by atoms with E-state index >= 15 is 0 Å². The zero-order chi connectivity index (χ0) is 15.8. The summed E-state index contributed by atoms with van der Waals surface area (Å²) >= 11 is 11.8. The zero-order valence-electron chi connectivity index (χ0n) is 12.0. The van der Waals surface area contributed by atoms with Crippen LogP contribution in [0.4, 0.5) is 0 Å². The van der Waals surface area contributed by atoms with Crippen LogP contribution in [0.3, 0.4) is 0 Å². The van der Waals surface area contributed by atoms with Gasteiger partial charge in [0.05, 0.1) is 18.1 Å². The molecule has 1 N–H and O–H groups in total. The first-order valence-corrected chi connectivity index (χ1v) is 7.79. The Hall–Kier alpha value is -1.71. The molecule has 0 fully saturated rings. The third-order valence-corrected chi connectivity index (χ3v) is 3.53. The van der Waals surface area contributed by atoms with Gasteiger partial charge in [-0.3, -0.25) is 4.79 Å². The fourth-order valence-corrected chi connectivity index (χ4v) is 2.38. The van der Waals surface area contributed by atoms with E-state index in [1.54, 1.807) is 18.2 Å². The third kappa shape index (κ3) is 5.58. The molecule has 3 nitrogen and oxygen atoms in total. The minimum atomic E-state index is 0.00993. The van der Waals surface area contributed by atoms with Gasteiger partial charge < -0.3 is 10.1 Å². The SMILES string of the molecule is O=C(Cc1ccccc1)NCCCOc1ccc(Cl)cc1Cl. The second-order valence-electron chi connectivity index (χ2n) is 4.79. The van der Waals surface area contributed by atoms with Crippen molar-refractivity contribution in [3.63, 3.8) is 0 Å². The number of amides is 1. The molecular formula is C17H17Cl2NO2. The lowest BCUT2D eigenvalue weighted by molar-refractivity contribution is -0.120. The highest BCUT2D eigenvalue weighted by atomic mass is 35.5. The van der Waals surface area contributed by atoms with E-state index in [4.69, 9.17) is 27.9 Å². The lowest BCUT2D eigenvalue weighted by Crippen LogP contribution is -2.27. The van der Waals surface area contributed by atoms with Gasteiger partial charge in [0, 0.05) is 11.6 Å². The summed E-state index contributed by atoms with van der Waals surface area (Å²) < 4.78 is 5.55. The second kappa shape index (κ2) is 8.66. The summed E-state index contributed by atoms with van der Waals surface area (Å²) in [6.45, 7) is 1.05. The van der Waals surface area contributed by atoms with Gasteiger partial charge in [0.2, 0.25) is 5.91 Å². The van der Waals surface area contributed by atoms with Gasteiger partial charge in [-0.05, 0) is 30.2 Å². The van der Waals surface area contributed by atoms with Gasteiger partial charge in [-0.1, -0.05) is 53.5 Å². The summed E-state index contributed by atoms with van der Waals surface area (Å²) in [6, 6.07) is 14.7. The van der Waals surface area contributed by atoms with Gasteiger partial charge in [0.1, 0.15) is 5.75 Å². The maximum Gasteiger partial charge on any atom is 0.224 e. The van der Waals surface area contributed by atoms with Crippen molar-refractivity contribution >= 4 is 29.1 Å². The summed E-state index contributed by atoms with van der Waals surface area (Å²) in [6.07, 6.45) is 1.10. The second-order valence-corrected chi connectivity index (χ2v) is 5.63. The summed E-state index contributed by atoms with van der Waals surface area (Å²) in [7, 11) is 0. The van der Waals surface area contributed by atoms with Crippen LogP contribution in [0.15, 0.2) is 48.5 Å². The maximum absolute atomic E-state index is 11.7. The first-order valence-electron chi connectivity index (χ1n) is 7.03. The normalized spacial score (nSPS) is 10.3. The molecule has 0 unspecified atom stereocenters. The maximum atomic E-state index is 11.7. The Labute approximate surface area is 140 Å². The molecule has 2 rings (SSSR count). The number of carbonyl (C=O) groups is 1. The summed E-state index contributed by atoms with van der Waals surface area (Å²) in [5.41, 5.74) is 1.00. The molecule has 0 atom stereocenters. The van der Waals surface area contributed by atoms with Crippen LogP contribution in [0.2, 0.25) is 10.0 Å². The lowest BCUT2D eigenvalue weighted by Gasteiger charge is -2.09. The number of carbonyl (C=O) groups excluding carboxylic acids is 1. The Morgan fingerprint density at radius 3 is 2.59 bits per heavy atom. The van der Waals surface area contributed by atoms with Crippen molar-refractivity contribution in [3.05, 3.63) is 64.1 Å². The molecular weight excluding hydrogens is 321 g/mol. The molecule has 22 heavy (non-hydrogen) atoms. The molecule has 5 heteroatoms. The van der Waals surface area contributed by atoms with Crippen molar-refractivity contribution in [2.75, 3.05) is 13.2 Å². The van der Waals surface area contributed by atoms with Gasteiger partial charge in [-0.2, -0.15) is 0 Å². The predicted molar refractivity (Wildman–Crippen MR) is 89.7 cm³/mol. The average Bonchev–Trinajstić information content (AvgIpc) is 2.50. The summed E-state index contributed by atoms with van der Waals surface area (Å²) in [4.78, 5) is 11.7. The molecule has 0 aliphatic heterocycles. The first-order chi connectivity index (χ1) is 10.6. The standard InChI is InChI=1S/C17H17Cl2NO2/c18-14-7-8-16(15(19)12-14)22-10-4-9-20-17(21)11-13-5-2-1-3-6-13/h1-3,5-8,12H,4,9-11H2,(H,20,21). The minimum absolute atomic E-state index is 0.00993. The predicted octanol–water partition coefficient (Wildman–Crippen LogP) is 4.12. The van der Waals surface area contributed by atoms with E-state index in [1.165, 1.54) is 0 Å². The van der Waals surface area contributed by atoms with Crippen molar-refractivity contribution in [3.8, 4) is 5.75 Å². The highest BCUT2D eigenvalue weighted by Gasteiger charge is 2.04. The summed E-state index contributed by atoms with van der Waals surface area (Å²) in [5.74, 6) is 0.609. The van der Waals surface area contributed by atoms with Crippen LogP contribution in [0.1, 0.15) is 12.0 Å². The van der Waals surface area contributed by atoms with Crippen LogP contribution >= 0.6 is 23.2 Å². The van der Waals surface area contributed by atoms with Gasteiger partial charge in [-0.15, -0.1) is 0 Å². The van der Waals surface area contributed by atoms with E-state index in [9.17, 15) is 4.79 Å². The lowest BCUT2D eigenvalue weighted by atomic mass is 10.1. The number of rotatable bonds is 7. The quantitative estimate of drug-likeness (QED) is 0.771.